The van der Waals surface area contributed by atoms with Gasteiger partial charge in [-0.3, -0.25) is 9.59 Å². The molecule has 0 spiro atoms. The first kappa shape index (κ1) is 16.5. The van der Waals surface area contributed by atoms with Crippen molar-refractivity contribution >= 4 is 74.6 Å². The van der Waals surface area contributed by atoms with Gasteiger partial charge in [-0.1, -0.05) is 48.5 Å². The lowest BCUT2D eigenvalue weighted by Gasteiger charge is -2.18. The van der Waals surface area contributed by atoms with E-state index in [2.05, 4.69) is 24.3 Å². The third-order valence-electron chi connectivity index (χ3n) is 6.04. The maximum Gasteiger partial charge on any atom is 0.196 e. The molecule has 0 saturated heterocycles. The van der Waals surface area contributed by atoms with Crippen molar-refractivity contribution in [3.8, 4) is 0 Å². The minimum absolute atomic E-state index is 0.0453. The van der Waals surface area contributed by atoms with Gasteiger partial charge in [0, 0.05) is 51.5 Å². The first-order valence-electron chi connectivity index (χ1n) is 9.70. The van der Waals surface area contributed by atoms with E-state index >= 15 is 0 Å². The summed E-state index contributed by atoms with van der Waals surface area (Å²) in [7, 11) is 0. The molecule has 0 fully saturated rings. The minimum atomic E-state index is -0.0453. The highest BCUT2D eigenvalue weighted by molar-refractivity contribution is 7.26. The monoisotopic (exact) mass is 420 g/mol. The number of ketones is 2. The van der Waals surface area contributed by atoms with Crippen LogP contribution >= 0.6 is 22.7 Å². The van der Waals surface area contributed by atoms with Crippen LogP contribution in [0.2, 0.25) is 0 Å². The molecule has 0 bridgehead atoms. The van der Waals surface area contributed by atoms with E-state index in [1.807, 2.05) is 48.5 Å². The van der Waals surface area contributed by atoms with Crippen LogP contribution in [-0.4, -0.2) is 11.6 Å². The zero-order chi connectivity index (χ0) is 20.0. The molecule has 0 saturated carbocycles. The summed E-state index contributed by atoms with van der Waals surface area (Å²) in [6, 6.07) is 24.0. The summed E-state index contributed by atoms with van der Waals surface area (Å²) in [6.07, 6.45) is 0. The summed E-state index contributed by atoms with van der Waals surface area (Å²) in [5, 5.41) is 4.35. The summed E-state index contributed by atoms with van der Waals surface area (Å²) in [5.41, 5.74) is 2.17. The van der Waals surface area contributed by atoms with Crippen LogP contribution in [0.25, 0.3) is 40.3 Å². The van der Waals surface area contributed by atoms with E-state index in [0.717, 1.165) is 40.3 Å². The smallest absolute Gasteiger partial charge is 0.196 e. The lowest BCUT2D eigenvalue weighted by molar-refractivity contribution is 0.0982. The normalized spacial score (nSPS) is 13.5. The van der Waals surface area contributed by atoms with Gasteiger partial charge in [-0.2, -0.15) is 0 Å². The minimum Gasteiger partial charge on any atom is -0.289 e. The molecule has 4 aromatic carbocycles. The molecule has 0 N–H and O–H groups in total. The molecule has 0 aliphatic heterocycles. The van der Waals surface area contributed by atoms with Crippen molar-refractivity contribution in [2.45, 2.75) is 0 Å². The van der Waals surface area contributed by atoms with Gasteiger partial charge in [-0.05, 0) is 24.3 Å². The third kappa shape index (κ3) is 1.93. The van der Waals surface area contributed by atoms with Crippen molar-refractivity contribution in [1.82, 2.24) is 0 Å². The van der Waals surface area contributed by atoms with Crippen LogP contribution in [0, 0.1) is 0 Å². The Labute approximate surface area is 179 Å². The zero-order valence-corrected chi connectivity index (χ0v) is 17.2. The van der Waals surface area contributed by atoms with Gasteiger partial charge in [-0.25, -0.2) is 0 Å². The molecule has 0 amide bonds. The molecule has 4 heteroatoms. The lowest BCUT2D eigenvalue weighted by atomic mass is 9.82. The van der Waals surface area contributed by atoms with Crippen LogP contribution in [-0.2, 0) is 0 Å². The van der Waals surface area contributed by atoms with E-state index in [1.165, 1.54) is 0 Å². The summed E-state index contributed by atoms with van der Waals surface area (Å²) in [6.45, 7) is 0. The molecule has 0 atom stereocenters. The van der Waals surface area contributed by atoms with E-state index in [1.54, 1.807) is 22.7 Å². The Kier molecular flexibility index (Phi) is 3.09. The number of benzene rings is 4. The first-order valence-corrected chi connectivity index (χ1v) is 11.3. The lowest BCUT2D eigenvalue weighted by Crippen LogP contribution is -2.21. The van der Waals surface area contributed by atoms with E-state index in [-0.39, 0.29) is 11.6 Å². The standard InChI is InChI=1S/C26H12O2S2/c27-23-18-12-10-16-14-6-2-4-8-20(14)30-26(16)22(18)24(28)17-11-9-15-13-5-1-3-7-19(13)29-25(15)21(17)23/h1-12H. The number of hydrogen-bond acceptors (Lipinski definition) is 4. The van der Waals surface area contributed by atoms with Crippen LogP contribution in [0.3, 0.4) is 0 Å². The van der Waals surface area contributed by atoms with Gasteiger partial charge in [0.1, 0.15) is 0 Å². The van der Waals surface area contributed by atoms with E-state index in [9.17, 15) is 9.59 Å². The van der Waals surface area contributed by atoms with Crippen molar-refractivity contribution in [2.24, 2.45) is 0 Å². The summed E-state index contributed by atoms with van der Waals surface area (Å²) >= 11 is 3.19. The Bertz CT molecular complexity index is 1600. The van der Waals surface area contributed by atoms with Crippen LogP contribution in [0.5, 0.6) is 0 Å². The molecule has 7 rings (SSSR count). The Morgan fingerprint density at radius 3 is 1.37 bits per heavy atom. The number of thiophene rings is 2. The van der Waals surface area contributed by atoms with Crippen LogP contribution in [0.15, 0.2) is 72.8 Å². The molecule has 30 heavy (non-hydrogen) atoms. The van der Waals surface area contributed by atoms with E-state index in [0.29, 0.717) is 22.3 Å². The van der Waals surface area contributed by atoms with Gasteiger partial charge in [0.2, 0.25) is 0 Å². The van der Waals surface area contributed by atoms with Crippen molar-refractivity contribution in [1.29, 1.82) is 0 Å². The fourth-order valence-corrected chi connectivity index (χ4v) is 7.17. The molecule has 2 heterocycles. The van der Waals surface area contributed by atoms with Gasteiger partial charge >= 0.3 is 0 Å². The van der Waals surface area contributed by atoms with Crippen LogP contribution in [0.1, 0.15) is 31.8 Å². The number of rotatable bonds is 0. The molecule has 1 aliphatic carbocycles. The number of fused-ring (bicyclic) bond motifs is 10. The molecule has 1 aliphatic rings. The molecule has 0 unspecified atom stereocenters. The highest BCUT2D eigenvalue weighted by Crippen LogP contribution is 2.44. The SMILES string of the molecule is O=C1c2ccc3c(sc4ccccc43)c2C(=O)c2ccc3c(sc4ccccc43)c21. The van der Waals surface area contributed by atoms with Crippen LogP contribution < -0.4 is 0 Å². The molecule has 2 aromatic heterocycles. The number of carbonyl (C=O) groups is 2. The quantitative estimate of drug-likeness (QED) is 0.260. The second-order valence-electron chi connectivity index (χ2n) is 7.58. The maximum atomic E-state index is 13.7. The predicted octanol–water partition coefficient (Wildman–Crippen LogP) is 7.20. The van der Waals surface area contributed by atoms with Crippen molar-refractivity contribution in [2.75, 3.05) is 0 Å². The van der Waals surface area contributed by atoms with Crippen molar-refractivity contribution in [3.63, 3.8) is 0 Å². The fraction of sp³-hybridized carbons (Fsp3) is 0. The first-order chi connectivity index (χ1) is 14.7. The second-order valence-corrected chi connectivity index (χ2v) is 9.69. The maximum absolute atomic E-state index is 13.7. The highest BCUT2D eigenvalue weighted by atomic mass is 32.1. The van der Waals surface area contributed by atoms with Gasteiger partial charge < -0.3 is 0 Å². The average molecular weight is 421 g/mol. The molecular weight excluding hydrogens is 408 g/mol. The van der Waals surface area contributed by atoms with E-state index in [4.69, 9.17) is 0 Å². The Morgan fingerprint density at radius 2 is 0.900 bits per heavy atom. The largest absolute Gasteiger partial charge is 0.289 e. The summed E-state index contributed by atoms with van der Waals surface area (Å²) in [4.78, 5) is 27.3. The molecular formula is C26H12O2S2. The fourth-order valence-electron chi connectivity index (χ4n) is 4.68. The molecule has 6 aromatic rings. The number of hydrogen-bond donors (Lipinski definition) is 0. The Morgan fingerprint density at radius 1 is 0.467 bits per heavy atom. The molecule has 0 radical (unpaired) electrons. The van der Waals surface area contributed by atoms with Gasteiger partial charge in [0.25, 0.3) is 0 Å². The Balaban J connectivity index is 1.59. The average Bonchev–Trinajstić information content (AvgIpc) is 3.34. The third-order valence-corrected chi connectivity index (χ3v) is 8.45. The van der Waals surface area contributed by atoms with Gasteiger partial charge in [0.15, 0.2) is 11.6 Å². The van der Waals surface area contributed by atoms with Crippen molar-refractivity contribution < 1.29 is 9.59 Å². The van der Waals surface area contributed by atoms with Gasteiger partial charge in [0.05, 0.1) is 11.1 Å². The zero-order valence-electron chi connectivity index (χ0n) is 15.6. The topological polar surface area (TPSA) is 34.1 Å². The molecule has 140 valence electrons. The second kappa shape index (κ2) is 5.63. The predicted molar refractivity (Wildman–Crippen MR) is 126 cm³/mol. The van der Waals surface area contributed by atoms with Gasteiger partial charge in [-0.15, -0.1) is 22.7 Å². The summed E-state index contributed by atoms with van der Waals surface area (Å²) < 4.78 is 4.09. The molecule has 2 nitrogen and oxygen atoms in total. The number of carbonyl (C=O) groups excluding carboxylic acids is 2. The summed E-state index contributed by atoms with van der Waals surface area (Å²) in [5.74, 6) is -0.0905. The van der Waals surface area contributed by atoms with Crippen molar-refractivity contribution in [3.05, 3.63) is 95.1 Å². The highest BCUT2D eigenvalue weighted by Gasteiger charge is 2.34. The van der Waals surface area contributed by atoms with Crippen LogP contribution in [0.4, 0.5) is 0 Å². The Hall–Kier alpha value is -3.34. The van der Waals surface area contributed by atoms with E-state index < -0.39 is 0 Å².